The largest absolute Gasteiger partial charge is 0.368 e. The van der Waals surface area contributed by atoms with Crippen LogP contribution in [0.4, 0.5) is 0 Å². The highest BCUT2D eigenvalue weighted by atomic mass is 16.2. The van der Waals surface area contributed by atoms with Gasteiger partial charge in [-0.05, 0) is 24.2 Å². The van der Waals surface area contributed by atoms with Gasteiger partial charge >= 0.3 is 0 Å². The van der Waals surface area contributed by atoms with Crippen molar-refractivity contribution in [2.75, 3.05) is 6.54 Å². The van der Waals surface area contributed by atoms with E-state index in [0.717, 1.165) is 6.42 Å². The van der Waals surface area contributed by atoms with Crippen molar-refractivity contribution in [2.24, 2.45) is 17.1 Å². The van der Waals surface area contributed by atoms with Gasteiger partial charge in [0.05, 0.1) is 0 Å². The highest BCUT2D eigenvalue weighted by Crippen LogP contribution is 2.32. The Morgan fingerprint density at radius 2 is 2.12 bits per heavy atom. The molecule has 1 aliphatic heterocycles. The maximum absolute atomic E-state index is 11.9. The number of likely N-dealkylation sites (tertiary alicyclic amines) is 1. The molecule has 0 aromatic rings. The van der Waals surface area contributed by atoms with Crippen molar-refractivity contribution in [3.8, 4) is 0 Å². The number of nitrogens with zero attached hydrogens (tertiary/aromatic N) is 1. The van der Waals surface area contributed by atoms with Crippen molar-refractivity contribution in [1.29, 1.82) is 0 Å². The Labute approximate surface area is 104 Å². The van der Waals surface area contributed by atoms with Crippen LogP contribution in [0.2, 0.25) is 0 Å². The zero-order chi connectivity index (χ0) is 13.2. The van der Waals surface area contributed by atoms with Crippen molar-refractivity contribution in [2.45, 2.75) is 53.0 Å². The molecule has 0 aromatic carbocycles. The number of rotatable bonds is 4. The van der Waals surface area contributed by atoms with Gasteiger partial charge in [0.25, 0.3) is 0 Å². The molecular formula is C13H24N2O2. The molecule has 4 nitrogen and oxygen atoms in total. The smallest absolute Gasteiger partial charge is 0.240 e. The minimum atomic E-state index is -0.424. The van der Waals surface area contributed by atoms with Crippen LogP contribution in [0.5, 0.6) is 0 Å². The number of amides is 2. The van der Waals surface area contributed by atoms with Crippen LogP contribution in [0.3, 0.4) is 0 Å². The fourth-order valence-electron chi connectivity index (χ4n) is 2.69. The van der Waals surface area contributed by atoms with Crippen LogP contribution >= 0.6 is 0 Å². The number of nitrogens with two attached hydrogens (primary N) is 1. The quantitative estimate of drug-likeness (QED) is 0.810. The van der Waals surface area contributed by atoms with Crippen LogP contribution in [-0.4, -0.2) is 29.3 Å². The van der Waals surface area contributed by atoms with Crippen LogP contribution in [0.25, 0.3) is 0 Å². The number of hydrogen-bond acceptors (Lipinski definition) is 2. The Morgan fingerprint density at radius 1 is 1.53 bits per heavy atom. The first-order chi connectivity index (χ1) is 7.74. The molecule has 2 N–H and O–H groups in total. The fourth-order valence-corrected chi connectivity index (χ4v) is 2.69. The Hall–Kier alpha value is -1.06. The summed E-state index contributed by atoms with van der Waals surface area (Å²) in [5, 5.41) is 0. The summed E-state index contributed by atoms with van der Waals surface area (Å²) in [6.07, 6.45) is 2.16. The molecule has 0 unspecified atom stereocenters. The number of carbonyl (C=O) groups is 2. The molecule has 2 amide bonds. The van der Waals surface area contributed by atoms with Crippen molar-refractivity contribution in [1.82, 2.24) is 4.90 Å². The van der Waals surface area contributed by atoms with Gasteiger partial charge in [0, 0.05) is 13.0 Å². The zero-order valence-corrected chi connectivity index (χ0v) is 11.3. The summed E-state index contributed by atoms with van der Waals surface area (Å²) in [5.74, 6) is 0.0399. The van der Waals surface area contributed by atoms with Crippen LogP contribution in [0.15, 0.2) is 0 Å². The third-order valence-corrected chi connectivity index (χ3v) is 3.23. The summed E-state index contributed by atoms with van der Waals surface area (Å²) >= 11 is 0. The van der Waals surface area contributed by atoms with E-state index >= 15 is 0 Å². The maximum Gasteiger partial charge on any atom is 0.240 e. The third-order valence-electron chi connectivity index (χ3n) is 3.23. The molecule has 1 heterocycles. The zero-order valence-electron chi connectivity index (χ0n) is 11.3. The van der Waals surface area contributed by atoms with Gasteiger partial charge in [-0.15, -0.1) is 0 Å². The molecule has 0 aliphatic carbocycles. The van der Waals surface area contributed by atoms with Gasteiger partial charge in [0.15, 0.2) is 0 Å². The molecule has 1 rings (SSSR count). The number of primary amides is 1. The molecule has 98 valence electrons. The van der Waals surface area contributed by atoms with E-state index in [1.807, 2.05) is 6.92 Å². The van der Waals surface area contributed by atoms with Crippen molar-refractivity contribution >= 4 is 11.8 Å². The van der Waals surface area contributed by atoms with Crippen molar-refractivity contribution in [3.05, 3.63) is 0 Å². The second kappa shape index (κ2) is 5.07. The molecule has 0 aromatic heterocycles. The highest BCUT2D eigenvalue weighted by molar-refractivity contribution is 5.87. The van der Waals surface area contributed by atoms with Gasteiger partial charge < -0.3 is 10.6 Å². The van der Waals surface area contributed by atoms with Crippen molar-refractivity contribution < 1.29 is 9.59 Å². The lowest BCUT2D eigenvalue weighted by atomic mass is 9.84. The van der Waals surface area contributed by atoms with E-state index in [-0.39, 0.29) is 11.3 Å². The van der Waals surface area contributed by atoms with Crippen LogP contribution in [0, 0.1) is 11.3 Å². The topological polar surface area (TPSA) is 63.4 Å². The molecule has 0 bridgehead atoms. The minimum Gasteiger partial charge on any atom is -0.368 e. The van der Waals surface area contributed by atoms with E-state index in [1.165, 1.54) is 0 Å². The van der Waals surface area contributed by atoms with E-state index < -0.39 is 11.9 Å². The summed E-state index contributed by atoms with van der Waals surface area (Å²) in [5.41, 5.74) is 5.55. The second-order valence-electron chi connectivity index (χ2n) is 6.21. The number of hydrogen-bond donors (Lipinski definition) is 1. The minimum absolute atomic E-state index is 0.0740. The predicted molar refractivity (Wildman–Crippen MR) is 67.2 cm³/mol. The highest BCUT2D eigenvalue weighted by Gasteiger charge is 2.37. The van der Waals surface area contributed by atoms with E-state index in [0.29, 0.717) is 25.3 Å². The summed E-state index contributed by atoms with van der Waals surface area (Å²) in [6, 6.07) is -0.424. The first kappa shape index (κ1) is 14.0. The van der Waals surface area contributed by atoms with Crippen molar-refractivity contribution in [3.63, 3.8) is 0 Å². The second-order valence-corrected chi connectivity index (χ2v) is 6.21. The normalized spacial score (nSPS) is 22.9. The number of carbonyl (C=O) groups excluding carboxylic acids is 2. The fraction of sp³-hybridized carbons (Fsp3) is 0.846. The van der Waals surface area contributed by atoms with E-state index in [1.54, 1.807) is 4.90 Å². The molecule has 17 heavy (non-hydrogen) atoms. The van der Waals surface area contributed by atoms with Gasteiger partial charge in [0.1, 0.15) is 6.04 Å². The lowest BCUT2D eigenvalue weighted by Gasteiger charge is -2.26. The van der Waals surface area contributed by atoms with Gasteiger partial charge in [0.2, 0.25) is 11.8 Å². The Morgan fingerprint density at radius 3 is 2.53 bits per heavy atom. The van der Waals surface area contributed by atoms with Gasteiger partial charge in [-0.1, -0.05) is 27.7 Å². The Balaban J connectivity index is 2.67. The molecule has 1 saturated heterocycles. The molecule has 4 heteroatoms. The monoisotopic (exact) mass is 240 g/mol. The van der Waals surface area contributed by atoms with Gasteiger partial charge in [-0.3, -0.25) is 9.59 Å². The van der Waals surface area contributed by atoms with Gasteiger partial charge in [-0.2, -0.15) is 0 Å². The molecule has 0 spiro atoms. The van der Waals surface area contributed by atoms with Crippen LogP contribution in [-0.2, 0) is 9.59 Å². The average Bonchev–Trinajstić information content (AvgIpc) is 2.44. The Bertz CT molecular complexity index is 307. The predicted octanol–water partition coefficient (Wildman–Crippen LogP) is 1.53. The van der Waals surface area contributed by atoms with E-state index in [9.17, 15) is 9.59 Å². The Kier molecular flexibility index (Phi) is 4.17. The van der Waals surface area contributed by atoms with Crippen LogP contribution < -0.4 is 5.73 Å². The molecular weight excluding hydrogens is 216 g/mol. The average molecular weight is 240 g/mol. The van der Waals surface area contributed by atoms with E-state index in [4.69, 9.17) is 5.73 Å². The third kappa shape index (κ3) is 3.72. The first-order valence-corrected chi connectivity index (χ1v) is 6.33. The molecule has 0 saturated carbocycles. The first-order valence-electron chi connectivity index (χ1n) is 6.33. The molecule has 1 aliphatic rings. The SMILES string of the molecule is CC[C@@H](C(N)=O)N1C[C@H](CC(C)(C)C)CC1=O. The summed E-state index contributed by atoms with van der Waals surface area (Å²) in [4.78, 5) is 24.8. The molecule has 1 fully saturated rings. The standard InChI is InChI=1S/C13H24N2O2/c1-5-10(12(14)17)15-8-9(6-11(15)16)7-13(2,3)4/h9-10H,5-8H2,1-4H3,(H2,14,17)/t9-,10-/m0/s1. The van der Waals surface area contributed by atoms with Crippen LogP contribution in [0.1, 0.15) is 47.0 Å². The summed E-state index contributed by atoms with van der Waals surface area (Å²) in [6.45, 7) is 9.08. The maximum atomic E-state index is 11.9. The lowest BCUT2D eigenvalue weighted by Crippen LogP contribution is -2.45. The summed E-state index contributed by atoms with van der Waals surface area (Å²) in [7, 11) is 0. The lowest BCUT2D eigenvalue weighted by molar-refractivity contribution is -0.136. The molecule has 0 radical (unpaired) electrons. The summed E-state index contributed by atoms with van der Waals surface area (Å²) < 4.78 is 0. The van der Waals surface area contributed by atoms with E-state index in [2.05, 4.69) is 20.8 Å². The molecule has 2 atom stereocenters. The van der Waals surface area contributed by atoms with Gasteiger partial charge in [-0.25, -0.2) is 0 Å².